The number of hydrogen-bond acceptors (Lipinski definition) is 7. The lowest BCUT2D eigenvalue weighted by atomic mass is 10.1. The van der Waals surface area contributed by atoms with Crippen molar-refractivity contribution in [3.63, 3.8) is 0 Å². The molecule has 11 heteroatoms. The Morgan fingerprint density at radius 1 is 1.00 bits per heavy atom. The van der Waals surface area contributed by atoms with E-state index in [0.717, 1.165) is 9.80 Å². The summed E-state index contributed by atoms with van der Waals surface area (Å²) in [7, 11) is 0. The summed E-state index contributed by atoms with van der Waals surface area (Å²) >= 11 is 13.6. The molecule has 0 aromatic heterocycles. The highest BCUT2D eigenvalue weighted by Gasteiger charge is 2.36. The number of nitro groups is 1. The van der Waals surface area contributed by atoms with Gasteiger partial charge >= 0.3 is 0 Å². The van der Waals surface area contributed by atoms with Crippen LogP contribution in [-0.2, 0) is 4.79 Å². The van der Waals surface area contributed by atoms with Gasteiger partial charge in [0, 0.05) is 26.6 Å². The minimum Gasteiger partial charge on any atom is -0.292 e. The number of carbonyl (C=O) groups is 3. The molecule has 4 rings (SSSR count). The van der Waals surface area contributed by atoms with Crippen LogP contribution >= 0.6 is 46.7 Å². The highest BCUT2D eigenvalue weighted by molar-refractivity contribution is 8.18. The zero-order valence-electron chi connectivity index (χ0n) is 17.6. The third-order valence-electron chi connectivity index (χ3n) is 4.86. The number of carbonyl (C=O) groups excluding carboxylic acids is 3. The van der Waals surface area contributed by atoms with Crippen LogP contribution in [0.4, 0.5) is 10.5 Å². The molecule has 1 saturated heterocycles. The van der Waals surface area contributed by atoms with Gasteiger partial charge < -0.3 is 0 Å². The number of imide groups is 1. The van der Waals surface area contributed by atoms with Gasteiger partial charge in [0.25, 0.3) is 16.8 Å². The highest BCUT2D eigenvalue weighted by atomic mass is 35.5. The monoisotopic (exact) mass is 544 g/mol. The minimum absolute atomic E-state index is 0.0753. The molecule has 7 nitrogen and oxygen atoms in total. The zero-order valence-corrected chi connectivity index (χ0v) is 20.8. The standard InChI is InChI=1S/C24H14Cl2N2O5S2/c25-16-4-2-15(3-5-16)20(29)13-27-23(30)22(35-24(27)31)12-14-1-10-21(19(11-14)28(32)33)34-18-8-6-17(26)7-9-18/h1-12H,13H2/b22-12-. The van der Waals surface area contributed by atoms with Crippen LogP contribution in [0.1, 0.15) is 15.9 Å². The SMILES string of the molecule is O=C(CN1C(=O)S/C(=C\c2ccc(Sc3ccc(Cl)cc3)c([N+](=O)[O-])c2)C1=O)c1ccc(Cl)cc1. The number of rotatable bonds is 7. The van der Waals surface area contributed by atoms with Crippen LogP contribution < -0.4 is 0 Å². The minimum atomic E-state index is -0.635. The average molecular weight is 545 g/mol. The maximum Gasteiger partial charge on any atom is 0.293 e. The lowest BCUT2D eigenvalue weighted by Gasteiger charge is -2.11. The Balaban J connectivity index is 1.54. The summed E-state index contributed by atoms with van der Waals surface area (Å²) < 4.78 is 0. The van der Waals surface area contributed by atoms with Gasteiger partial charge in [-0.25, -0.2) is 0 Å². The molecule has 1 heterocycles. The molecule has 0 unspecified atom stereocenters. The maximum absolute atomic E-state index is 12.8. The van der Waals surface area contributed by atoms with Crippen molar-refractivity contribution >= 4 is 75.4 Å². The Bertz CT molecular complexity index is 1380. The number of nitrogens with zero attached hydrogens (tertiary/aromatic N) is 2. The average Bonchev–Trinajstić information content (AvgIpc) is 3.09. The molecule has 0 spiro atoms. The van der Waals surface area contributed by atoms with Crippen molar-refractivity contribution in [3.05, 3.63) is 103 Å². The summed E-state index contributed by atoms with van der Waals surface area (Å²) in [5.74, 6) is -1.05. The Hall–Kier alpha value is -3.11. The van der Waals surface area contributed by atoms with Crippen LogP contribution in [0, 0.1) is 10.1 Å². The molecule has 1 fully saturated rings. The van der Waals surface area contributed by atoms with E-state index in [1.54, 1.807) is 48.5 Å². The van der Waals surface area contributed by atoms with Crippen molar-refractivity contribution < 1.29 is 19.3 Å². The van der Waals surface area contributed by atoms with Gasteiger partial charge in [0.15, 0.2) is 5.78 Å². The number of halogens is 2. The molecule has 0 aliphatic carbocycles. The fraction of sp³-hybridized carbons (Fsp3) is 0.0417. The molecule has 0 bridgehead atoms. The summed E-state index contributed by atoms with van der Waals surface area (Å²) in [5, 5.41) is 12.1. The van der Waals surface area contributed by atoms with Crippen molar-refractivity contribution in [2.45, 2.75) is 9.79 Å². The van der Waals surface area contributed by atoms with E-state index in [1.165, 1.54) is 36.0 Å². The van der Waals surface area contributed by atoms with Gasteiger partial charge in [0.05, 0.1) is 21.3 Å². The topological polar surface area (TPSA) is 97.6 Å². The van der Waals surface area contributed by atoms with Crippen LogP contribution in [0.15, 0.2) is 81.4 Å². The third-order valence-corrected chi connectivity index (χ3v) is 7.34. The molecule has 1 aliphatic heterocycles. The summed E-state index contributed by atoms with van der Waals surface area (Å²) in [6, 6.07) is 17.6. The Morgan fingerprint density at radius 2 is 1.63 bits per heavy atom. The van der Waals surface area contributed by atoms with Gasteiger partial charge in [-0.15, -0.1) is 0 Å². The molecule has 35 heavy (non-hydrogen) atoms. The van der Waals surface area contributed by atoms with E-state index < -0.39 is 28.4 Å². The molecule has 176 valence electrons. The van der Waals surface area contributed by atoms with Gasteiger partial charge in [-0.05, 0) is 78.0 Å². The van der Waals surface area contributed by atoms with Gasteiger partial charge in [-0.1, -0.05) is 41.0 Å². The highest BCUT2D eigenvalue weighted by Crippen LogP contribution is 2.37. The number of hydrogen-bond donors (Lipinski definition) is 0. The number of thioether (sulfide) groups is 1. The molecule has 1 aliphatic rings. The van der Waals surface area contributed by atoms with E-state index in [9.17, 15) is 24.5 Å². The first kappa shape index (κ1) is 25.0. The Morgan fingerprint density at radius 3 is 2.26 bits per heavy atom. The van der Waals surface area contributed by atoms with Crippen molar-refractivity contribution in [3.8, 4) is 0 Å². The van der Waals surface area contributed by atoms with Gasteiger partial charge in [0.1, 0.15) is 0 Å². The van der Waals surface area contributed by atoms with E-state index >= 15 is 0 Å². The van der Waals surface area contributed by atoms with E-state index in [2.05, 4.69) is 0 Å². The lowest BCUT2D eigenvalue weighted by Crippen LogP contribution is -2.33. The lowest BCUT2D eigenvalue weighted by molar-refractivity contribution is -0.387. The Kier molecular flexibility index (Phi) is 7.61. The Labute approximate surface area is 218 Å². The zero-order chi connectivity index (χ0) is 25.1. The summed E-state index contributed by atoms with van der Waals surface area (Å²) in [4.78, 5) is 51.0. The molecule has 0 N–H and O–H groups in total. The second kappa shape index (κ2) is 10.7. The second-order valence-corrected chi connectivity index (χ2v) is 10.2. The fourth-order valence-corrected chi connectivity index (χ4v) is 5.13. The molecular weight excluding hydrogens is 531 g/mol. The maximum atomic E-state index is 12.8. The quantitative estimate of drug-likeness (QED) is 0.137. The van der Waals surface area contributed by atoms with E-state index in [0.29, 0.717) is 37.8 Å². The van der Waals surface area contributed by atoms with E-state index in [1.807, 2.05) is 0 Å². The van der Waals surface area contributed by atoms with Gasteiger partial charge in [-0.3, -0.25) is 29.4 Å². The molecule has 0 radical (unpaired) electrons. The summed E-state index contributed by atoms with van der Waals surface area (Å²) in [5.41, 5.74) is 0.560. The van der Waals surface area contributed by atoms with Crippen molar-refractivity contribution in [1.29, 1.82) is 0 Å². The van der Waals surface area contributed by atoms with E-state index in [-0.39, 0.29) is 10.6 Å². The van der Waals surface area contributed by atoms with Crippen molar-refractivity contribution in [2.75, 3.05) is 6.54 Å². The number of Topliss-reactive ketones (excluding diaryl/α,β-unsaturated/α-hetero) is 1. The summed E-state index contributed by atoms with van der Waals surface area (Å²) in [6.45, 7) is -0.416. The number of nitro benzene ring substituents is 1. The molecular formula is C24H14Cl2N2O5S2. The second-order valence-electron chi connectivity index (χ2n) is 7.24. The van der Waals surface area contributed by atoms with Crippen molar-refractivity contribution in [2.24, 2.45) is 0 Å². The molecule has 2 amide bonds. The normalized spacial score (nSPS) is 14.6. The summed E-state index contributed by atoms with van der Waals surface area (Å²) in [6.07, 6.45) is 1.40. The number of ketones is 1. The largest absolute Gasteiger partial charge is 0.293 e. The van der Waals surface area contributed by atoms with Crippen LogP contribution in [0.3, 0.4) is 0 Å². The first-order valence-electron chi connectivity index (χ1n) is 9.97. The smallest absolute Gasteiger partial charge is 0.292 e. The van der Waals surface area contributed by atoms with Crippen LogP contribution in [0.5, 0.6) is 0 Å². The predicted octanol–water partition coefficient (Wildman–Crippen LogP) is 6.97. The van der Waals surface area contributed by atoms with Crippen LogP contribution in [0.25, 0.3) is 6.08 Å². The van der Waals surface area contributed by atoms with Crippen LogP contribution in [-0.4, -0.2) is 33.3 Å². The number of amides is 2. The molecule has 3 aromatic carbocycles. The van der Waals surface area contributed by atoms with Gasteiger partial charge in [0.2, 0.25) is 0 Å². The first-order chi connectivity index (χ1) is 16.7. The molecule has 0 saturated carbocycles. The van der Waals surface area contributed by atoms with Crippen LogP contribution in [0.2, 0.25) is 10.0 Å². The molecule has 3 aromatic rings. The number of benzene rings is 3. The van der Waals surface area contributed by atoms with Crippen molar-refractivity contribution in [1.82, 2.24) is 4.90 Å². The fourth-order valence-electron chi connectivity index (χ4n) is 3.14. The third kappa shape index (κ3) is 5.94. The predicted molar refractivity (Wildman–Crippen MR) is 137 cm³/mol. The molecule has 0 atom stereocenters. The van der Waals surface area contributed by atoms with Gasteiger partial charge in [-0.2, -0.15) is 0 Å². The first-order valence-corrected chi connectivity index (χ1v) is 12.4. The van der Waals surface area contributed by atoms with E-state index in [4.69, 9.17) is 23.2 Å².